The van der Waals surface area contributed by atoms with Crippen molar-refractivity contribution in [2.75, 3.05) is 0 Å². The summed E-state index contributed by atoms with van der Waals surface area (Å²) in [4.78, 5) is 12.8. The second-order valence-corrected chi connectivity index (χ2v) is 5.74. The van der Waals surface area contributed by atoms with Crippen molar-refractivity contribution in [1.82, 2.24) is 0 Å². The standard InChI is InChI=1S/C13H8BrClOS/c14-10-6-5-9(8-16)13(7-10)17-12-4-2-1-3-11(12)15/h1-8H. The summed E-state index contributed by atoms with van der Waals surface area (Å²) in [6.07, 6.45) is 0.853. The highest BCUT2D eigenvalue weighted by atomic mass is 79.9. The van der Waals surface area contributed by atoms with Crippen LogP contribution in [0.1, 0.15) is 10.4 Å². The number of rotatable bonds is 3. The molecule has 0 radical (unpaired) electrons. The fraction of sp³-hybridized carbons (Fsp3) is 0. The molecule has 0 N–H and O–H groups in total. The average Bonchev–Trinajstić information content (AvgIpc) is 2.32. The summed E-state index contributed by atoms with van der Waals surface area (Å²) in [6, 6.07) is 13.1. The highest BCUT2D eigenvalue weighted by Gasteiger charge is 2.07. The van der Waals surface area contributed by atoms with Gasteiger partial charge in [0.1, 0.15) is 0 Å². The van der Waals surface area contributed by atoms with Crippen LogP contribution in [0.15, 0.2) is 56.7 Å². The number of carbonyl (C=O) groups excluding carboxylic acids is 1. The minimum atomic E-state index is 0.665. The molecule has 0 aromatic heterocycles. The van der Waals surface area contributed by atoms with E-state index in [9.17, 15) is 4.79 Å². The fourth-order valence-electron chi connectivity index (χ4n) is 1.34. The molecule has 0 aliphatic heterocycles. The fourth-order valence-corrected chi connectivity index (χ4v) is 3.07. The average molecular weight is 328 g/mol. The molecule has 0 atom stereocenters. The van der Waals surface area contributed by atoms with Crippen LogP contribution in [0.4, 0.5) is 0 Å². The van der Waals surface area contributed by atoms with Gasteiger partial charge in [0.2, 0.25) is 0 Å². The molecule has 0 spiro atoms. The van der Waals surface area contributed by atoms with Crippen LogP contribution in [0.2, 0.25) is 5.02 Å². The maximum atomic E-state index is 11.0. The normalized spacial score (nSPS) is 10.2. The molecule has 2 aromatic rings. The zero-order valence-corrected chi connectivity index (χ0v) is 11.8. The van der Waals surface area contributed by atoms with Crippen molar-refractivity contribution in [1.29, 1.82) is 0 Å². The van der Waals surface area contributed by atoms with Crippen LogP contribution in [0.3, 0.4) is 0 Å². The maximum absolute atomic E-state index is 11.0. The van der Waals surface area contributed by atoms with Crippen molar-refractivity contribution >= 4 is 45.6 Å². The third-order valence-electron chi connectivity index (χ3n) is 2.16. The first-order valence-electron chi connectivity index (χ1n) is 4.88. The lowest BCUT2D eigenvalue weighted by Gasteiger charge is -2.06. The van der Waals surface area contributed by atoms with Crippen LogP contribution in [0.25, 0.3) is 0 Å². The minimum absolute atomic E-state index is 0.665. The van der Waals surface area contributed by atoms with E-state index in [0.29, 0.717) is 10.6 Å². The molecule has 0 aliphatic rings. The molecule has 0 amide bonds. The lowest BCUT2D eigenvalue weighted by Crippen LogP contribution is -1.85. The number of benzene rings is 2. The van der Waals surface area contributed by atoms with Gasteiger partial charge >= 0.3 is 0 Å². The molecule has 2 rings (SSSR count). The highest BCUT2D eigenvalue weighted by molar-refractivity contribution is 9.10. The van der Waals surface area contributed by atoms with E-state index in [1.54, 1.807) is 6.07 Å². The molecule has 0 saturated heterocycles. The molecular weight excluding hydrogens is 320 g/mol. The Bertz CT molecular complexity index is 557. The first kappa shape index (κ1) is 12.7. The van der Waals surface area contributed by atoms with Gasteiger partial charge in [0, 0.05) is 19.8 Å². The predicted octanol–water partition coefficient (Wildman–Crippen LogP) is 5.07. The molecule has 2 aromatic carbocycles. The minimum Gasteiger partial charge on any atom is -0.298 e. The van der Waals surface area contributed by atoms with Crippen LogP contribution < -0.4 is 0 Å². The van der Waals surface area contributed by atoms with E-state index in [1.165, 1.54) is 11.8 Å². The number of hydrogen-bond acceptors (Lipinski definition) is 2. The molecule has 17 heavy (non-hydrogen) atoms. The summed E-state index contributed by atoms with van der Waals surface area (Å²) in [5.74, 6) is 0. The summed E-state index contributed by atoms with van der Waals surface area (Å²) < 4.78 is 0.942. The number of aldehydes is 1. The van der Waals surface area contributed by atoms with Crippen molar-refractivity contribution in [2.45, 2.75) is 9.79 Å². The summed E-state index contributed by atoms with van der Waals surface area (Å²) in [6.45, 7) is 0. The quantitative estimate of drug-likeness (QED) is 0.732. The van der Waals surface area contributed by atoms with E-state index >= 15 is 0 Å². The first-order valence-corrected chi connectivity index (χ1v) is 6.86. The summed E-state index contributed by atoms with van der Waals surface area (Å²) in [5, 5.41) is 0.689. The summed E-state index contributed by atoms with van der Waals surface area (Å²) >= 11 is 11.0. The van der Waals surface area contributed by atoms with E-state index in [4.69, 9.17) is 11.6 Å². The van der Waals surface area contributed by atoms with Gasteiger partial charge in [0.15, 0.2) is 6.29 Å². The molecule has 0 unspecified atom stereocenters. The largest absolute Gasteiger partial charge is 0.298 e. The molecule has 4 heteroatoms. The molecule has 0 bridgehead atoms. The van der Waals surface area contributed by atoms with E-state index in [0.717, 1.165) is 20.5 Å². The monoisotopic (exact) mass is 326 g/mol. The van der Waals surface area contributed by atoms with Crippen molar-refractivity contribution in [2.24, 2.45) is 0 Å². The Morgan fingerprint density at radius 2 is 1.88 bits per heavy atom. The topological polar surface area (TPSA) is 17.1 Å². The van der Waals surface area contributed by atoms with Crippen molar-refractivity contribution < 1.29 is 4.79 Å². The van der Waals surface area contributed by atoms with Crippen LogP contribution >= 0.6 is 39.3 Å². The third kappa shape index (κ3) is 3.12. The van der Waals surface area contributed by atoms with Crippen molar-refractivity contribution in [3.8, 4) is 0 Å². The predicted molar refractivity (Wildman–Crippen MR) is 75.1 cm³/mol. The van der Waals surface area contributed by atoms with E-state index in [1.807, 2.05) is 36.4 Å². The lowest BCUT2D eigenvalue weighted by molar-refractivity contribution is 0.112. The van der Waals surface area contributed by atoms with Crippen LogP contribution in [-0.4, -0.2) is 6.29 Å². The zero-order chi connectivity index (χ0) is 12.3. The van der Waals surface area contributed by atoms with Crippen LogP contribution in [0.5, 0.6) is 0 Å². The molecule has 0 fully saturated rings. The van der Waals surface area contributed by atoms with E-state index < -0.39 is 0 Å². The van der Waals surface area contributed by atoms with E-state index in [-0.39, 0.29) is 0 Å². The van der Waals surface area contributed by atoms with Gasteiger partial charge in [-0.3, -0.25) is 4.79 Å². The van der Waals surface area contributed by atoms with Crippen LogP contribution in [-0.2, 0) is 0 Å². The zero-order valence-electron chi connectivity index (χ0n) is 8.69. The Morgan fingerprint density at radius 1 is 1.12 bits per heavy atom. The highest BCUT2D eigenvalue weighted by Crippen LogP contribution is 2.35. The summed E-state index contributed by atoms with van der Waals surface area (Å²) in [7, 11) is 0. The summed E-state index contributed by atoms with van der Waals surface area (Å²) in [5.41, 5.74) is 0.665. The smallest absolute Gasteiger partial charge is 0.151 e. The Balaban J connectivity index is 2.39. The maximum Gasteiger partial charge on any atom is 0.151 e. The number of hydrogen-bond donors (Lipinski definition) is 0. The van der Waals surface area contributed by atoms with Gasteiger partial charge in [-0.2, -0.15) is 0 Å². The van der Waals surface area contributed by atoms with Gasteiger partial charge in [-0.05, 0) is 30.3 Å². The first-order chi connectivity index (χ1) is 8.20. The van der Waals surface area contributed by atoms with Gasteiger partial charge in [0.25, 0.3) is 0 Å². The molecule has 1 nitrogen and oxygen atoms in total. The lowest BCUT2D eigenvalue weighted by atomic mass is 10.2. The van der Waals surface area contributed by atoms with Crippen LogP contribution in [0, 0.1) is 0 Å². The Morgan fingerprint density at radius 3 is 2.59 bits per heavy atom. The molecular formula is C13H8BrClOS. The number of halogens is 2. The molecule has 86 valence electrons. The van der Waals surface area contributed by atoms with Crippen molar-refractivity contribution in [3.63, 3.8) is 0 Å². The SMILES string of the molecule is O=Cc1ccc(Br)cc1Sc1ccccc1Cl. The van der Waals surface area contributed by atoms with E-state index in [2.05, 4.69) is 15.9 Å². The molecule has 0 aliphatic carbocycles. The molecule has 0 heterocycles. The van der Waals surface area contributed by atoms with Gasteiger partial charge in [-0.1, -0.05) is 51.4 Å². The number of carbonyl (C=O) groups is 1. The third-order valence-corrected chi connectivity index (χ3v) is 4.24. The van der Waals surface area contributed by atoms with Gasteiger partial charge in [-0.15, -0.1) is 0 Å². The van der Waals surface area contributed by atoms with Crippen molar-refractivity contribution in [3.05, 3.63) is 57.5 Å². The Kier molecular flexibility index (Phi) is 4.26. The van der Waals surface area contributed by atoms with Gasteiger partial charge < -0.3 is 0 Å². The molecule has 0 saturated carbocycles. The Labute approximate surface area is 117 Å². The second-order valence-electron chi connectivity index (χ2n) is 3.33. The van der Waals surface area contributed by atoms with Gasteiger partial charge in [0.05, 0.1) is 5.02 Å². The Hall–Kier alpha value is -0.770. The van der Waals surface area contributed by atoms with Gasteiger partial charge in [-0.25, -0.2) is 0 Å². The second kappa shape index (κ2) is 5.71.